The average Bonchev–Trinajstić information content (AvgIpc) is 2.36. The Morgan fingerprint density at radius 2 is 1.89 bits per heavy atom. The third-order valence-corrected chi connectivity index (χ3v) is 2.84. The Bertz CT molecular complexity index is 626. The topological polar surface area (TPSA) is 62.2 Å². The minimum atomic E-state index is -0.755. The lowest BCUT2D eigenvalue weighted by molar-refractivity contribution is 0.102. The van der Waals surface area contributed by atoms with E-state index in [9.17, 15) is 14.3 Å². The van der Waals surface area contributed by atoms with Gasteiger partial charge in [0.25, 0.3) is 5.91 Å². The molecule has 0 atom stereocenters. The van der Waals surface area contributed by atoms with Crippen LogP contribution in [-0.2, 0) is 0 Å². The van der Waals surface area contributed by atoms with E-state index in [1.807, 2.05) is 0 Å². The number of phenolic OH excluding ortho intramolecular Hbond substituents is 1. The van der Waals surface area contributed by atoms with Crippen molar-refractivity contribution in [2.75, 3.05) is 5.32 Å². The lowest BCUT2D eigenvalue weighted by Gasteiger charge is -2.07. The maximum absolute atomic E-state index is 12.9. The molecule has 1 amide bonds. The molecule has 0 fully saturated rings. The van der Waals surface area contributed by atoms with Crippen LogP contribution in [0.25, 0.3) is 0 Å². The average molecular weight is 301 g/mol. The van der Waals surface area contributed by atoms with Gasteiger partial charge in [-0.25, -0.2) is 4.98 Å². The molecule has 1 aromatic heterocycles. The van der Waals surface area contributed by atoms with Crippen molar-refractivity contribution in [1.29, 1.82) is 0 Å². The summed E-state index contributed by atoms with van der Waals surface area (Å²) < 4.78 is 12.9. The Labute approximate surface area is 117 Å². The number of hydrogen-bond acceptors (Lipinski definition) is 3. The van der Waals surface area contributed by atoms with Gasteiger partial charge in [0, 0.05) is 23.5 Å². The van der Waals surface area contributed by atoms with Crippen LogP contribution in [0.15, 0.2) is 30.5 Å². The Morgan fingerprint density at radius 3 is 2.47 bits per heavy atom. The molecule has 0 saturated carbocycles. The number of anilines is 1. The highest BCUT2D eigenvalue weighted by Crippen LogP contribution is 2.34. The summed E-state index contributed by atoms with van der Waals surface area (Å²) in [5.41, 5.74) is 0.392. The third-order valence-electron chi connectivity index (χ3n) is 2.26. The second-order valence-corrected chi connectivity index (χ2v) is 4.42. The predicted octanol–water partition coefficient (Wildman–Crippen LogP) is 3.49. The van der Waals surface area contributed by atoms with Crippen LogP contribution in [0.1, 0.15) is 10.4 Å². The van der Waals surface area contributed by atoms with Crippen molar-refractivity contribution in [3.63, 3.8) is 0 Å². The quantitative estimate of drug-likeness (QED) is 0.659. The van der Waals surface area contributed by atoms with E-state index in [0.29, 0.717) is 0 Å². The zero-order valence-corrected chi connectivity index (χ0v) is 10.8. The summed E-state index contributed by atoms with van der Waals surface area (Å²) in [4.78, 5) is 15.2. The molecule has 2 aromatic rings. The van der Waals surface area contributed by atoms with Gasteiger partial charge in [0.15, 0.2) is 5.75 Å². The fraction of sp³-hybridized carbons (Fsp3) is 0. The molecule has 19 heavy (non-hydrogen) atoms. The SMILES string of the molecule is O=C(Nc1cc(Cl)c(O)c(Cl)c1)c1ccnc(F)c1. The fourth-order valence-corrected chi connectivity index (χ4v) is 1.87. The number of nitrogens with zero attached hydrogens (tertiary/aromatic N) is 1. The van der Waals surface area contributed by atoms with E-state index >= 15 is 0 Å². The first-order chi connectivity index (χ1) is 8.97. The number of aromatic hydroxyl groups is 1. The predicted molar refractivity (Wildman–Crippen MR) is 70.3 cm³/mol. The van der Waals surface area contributed by atoms with Crippen molar-refractivity contribution in [2.24, 2.45) is 0 Å². The molecule has 1 aromatic carbocycles. The first-order valence-electron chi connectivity index (χ1n) is 5.08. The molecule has 0 unspecified atom stereocenters. The van der Waals surface area contributed by atoms with Crippen LogP contribution in [0.3, 0.4) is 0 Å². The first kappa shape index (κ1) is 13.6. The molecule has 98 valence electrons. The van der Waals surface area contributed by atoms with Crippen LogP contribution in [0.2, 0.25) is 10.0 Å². The molecular weight excluding hydrogens is 294 g/mol. The van der Waals surface area contributed by atoms with Crippen molar-refractivity contribution in [3.05, 3.63) is 52.0 Å². The number of hydrogen-bond donors (Lipinski definition) is 2. The second kappa shape index (κ2) is 5.42. The van der Waals surface area contributed by atoms with Crippen LogP contribution in [0, 0.1) is 5.95 Å². The Kier molecular flexibility index (Phi) is 3.87. The number of pyridine rings is 1. The summed E-state index contributed by atoms with van der Waals surface area (Å²) in [6, 6.07) is 5.03. The molecule has 0 radical (unpaired) electrons. The van der Waals surface area contributed by atoms with Gasteiger partial charge in [0.1, 0.15) is 0 Å². The fourth-order valence-electron chi connectivity index (χ4n) is 1.38. The van der Waals surface area contributed by atoms with Gasteiger partial charge in [-0.15, -0.1) is 0 Å². The summed E-state index contributed by atoms with van der Waals surface area (Å²) >= 11 is 11.4. The highest BCUT2D eigenvalue weighted by Gasteiger charge is 2.11. The maximum Gasteiger partial charge on any atom is 0.255 e. The van der Waals surface area contributed by atoms with Crippen LogP contribution in [0.4, 0.5) is 10.1 Å². The zero-order chi connectivity index (χ0) is 14.0. The highest BCUT2D eigenvalue weighted by molar-refractivity contribution is 6.37. The van der Waals surface area contributed by atoms with E-state index in [2.05, 4.69) is 10.3 Å². The largest absolute Gasteiger partial charge is 0.505 e. The summed E-state index contributed by atoms with van der Waals surface area (Å²) in [6.45, 7) is 0. The van der Waals surface area contributed by atoms with Crippen molar-refractivity contribution in [3.8, 4) is 5.75 Å². The molecule has 4 nitrogen and oxygen atoms in total. The highest BCUT2D eigenvalue weighted by atomic mass is 35.5. The van der Waals surface area contributed by atoms with Crippen LogP contribution in [0.5, 0.6) is 5.75 Å². The van der Waals surface area contributed by atoms with Crippen molar-refractivity contribution in [1.82, 2.24) is 4.98 Å². The summed E-state index contributed by atoms with van der Waals surface area (Å²) in [7, 11) is 0. The maximum atomic E-state index is 12.9. The summed E-state index contributed by atoms with van der Waals surface area (Å²) in [5.74, 6) is -1.56. The van der Waals surface area contributed by atoms with Gasteiger partial charge in [-0.2, -0.15) is 4.39 Å². The number of nitrogens with one attached hydrogen (secondary N) is 1. The van der Waals surface area contributed by atoms with Gasteiger partial charge in [0.05, 0.1) is 10.0 Å². The number of rotatable bonds is 2. The Hall–Kier alpha value is -1.85. The summed E-state index contributed by atoms with van der Waals surface area (Å²) in [6.07, 6.45) is 1.18. The standard InChI is InChI=1S/C12H7Cl2FN2O2/c13-8-4-7(5-9(14)11(8)18)17-12(19)6-1-2-16-10(15)3-6/h1-5,18H,(H,17,19). The number of carbonyl (C=O) groups excluding carboxylic acids is 1. The van der Waals surface area contributed by atoms with E-state index in [-0.39, 0.29) is 27.0 Å². The number of halogens is 3. The molecule has 0 bridgehead atoms. The van der Waals surface area contributed by atoms with E-state index in [1.165, 1.54) is 24.4 Å². The van der Waals surface area contributed by atoms with Gasteiger partial charge in [0.2, 0.25) is 5.95 Å². The van der Waals surface area contributed by atoms with E-state index in [0.717, 1.165) is 6.07 Å². The molecule has 0 aliphatic rings. The third kappa shape index (κ3) is 3.13. The smallest absolute Gasteiger partial charge is 0.255 e. The number of benzene rings is 1. The molecule has 2 N–H and O–H groups in total. The number of carbonyl (C=O) groups is 1. The molecule has 0 saturated heterocycles. The van der Waals surface area contributed by atoms with E-state index in [4.69, 9.17) is 23.2 Å². The summed E-state index contributed by atoms with van der Waals surface area (Å²) in [5, 5.41) is 11.9. The first-order valence-corrected chi connectivity index (χ1v) is 5.84. The van der Waals surface area contributed by atoms with Gasteiger partial charge in [-0.3, -0.25) is 4.79 Å². The molecule has 0 aliphatic carbocycles. The van der Waals surface area contributed by atoms with Gasteiger partial charge >= 0.3 is 0 Å². The van der Waals surface area contributed by atoms with E-state index in [1.54, 1.807) is 0 Å². The van der Waals surface area contributed by atoms with Gasteiger partial charge in [-0.1, -0.05) is 23.2 Å². The second-order valence-electron chi connectivity index (χ2n) is 3.61. The van der Waals surface area contributed by atoms with Gasteiger partial charge in [-0.05, 0) is 18.2 Å². The molecule has 2 rings (SSSR count). The minimum absolute atomic E-state index is 0.00343. The molecule has 7 heteroatoms. The lowest BCUT2D eigenvalue weighted by Crippen LogP contribution is -2.12. The normalized spacial score (nSPS) is 10.3. The van der Waals surface area contributed by atoms with Crippen LogP contribution < -0.4 is 5.32 Å². The van der Waals surface area contributed by atoms with Crippen molar-refractivity contribution >= 4 is 34.8 Å². The zero-order valence-electron chi connectivity index (χ0n) is 9.32. The molecular formula is C12H7Cl2FN2O2. The van der Waals surface area contributed by atoms with E-state index < -0.39 is 11.9 Å². The minimum Gasteiger partial charge on any atom is -0.505 e. The number of phenols is 1. The molecule has 1 heterocycles. The number of amides is 1. The van der Waals surface area contributed by atoms with Crippen molar-refractivity contribution in [2.45, 2.75) is 0 Å². The molecule has 0 spiro atoms. The van der Waals surface area contributed by atoms with Crippen LogP contribution >= 0.6 is 23.2 Å². The monoisotopic (exact) mass is 300 g/mol. The lowest BCUT2D eigenvalue weighted by atomic mass is 10.2. The molecule has 0 aliphatic heterocycles. The van der Waals surface area contributed by atoms with Gasteiger partial charge < -0.3 is 10.4 Å². The Balaban J connectivity index is 2.24. The van der Waals surface area contributed by atoms with Crippen molar-refractivity contribution < 1.29 is 14.3 Å². The number of aromatic nitrogens is 1. The Morgan fingerprint density at radius 1 is 1.26 bits per heavy atom. The van der Waals surface area contributed by atoms with Crippen LogP contribution in [-0.4, -0.2) is 16.0 Å².